The zero-order chi connectivity index (χ0) is 12.1. The monoisotopic (exact) mass is 220 g/mol. The topological polar surface area (TPSA) is 55.0 Å². The largest absolute Gasteiger partial charge is 0.481 e. The lowest BCUT2D eigenvalue weighted by atomic mass is 10.2. The maximum Gasteiger partial charge on any atom is 0.257 e. The van der Waals surface area contributed by atoms with Crippen LogP contribution in [0.4, 0.5) is 0 Å². The Hall–Kier alpha value is -1.84. The minimum absolute atomic E-state index is 0.116. The molecule has 0 fully saturated rings. The first kappa shape index (κ1) is 12.2. The Morgan fingerprint density at radius 3 is 2.62 bits per heavy atom. The third-order valence-corrected chi connectivity index (χ3v) is 2.02. The summed E-state index contributed by atoms with van der Waals surface area (Å²) in [6.07, 6.45) is 0. The van der Waals surface area contributed by atoms with Crippen LogP contribution in [0.1, 0.15) is 19.5 Å². The Labute approximate surface area is 94.3 Å². The van der Waals surface area contributed by atoms with Crippen molar-refractivity contribution in [2.75, 3.05) is 7.11 Å². The molecule has 2 aromatic rings. The predicted molar refractivity (Wildman–Crippen MR) is 65.0 cm³/mol. The van der Waals surface area contributed by atoms with Crippen LogP contribution in [0.2, 0.25) is 0 Å². The number of aromatic nitrogens is 2. The van der Waals surface area contributed by atoms with Gasteiger partial charge >= 0.3 is 0 Å². The van der Waals surface area contributed by atoms with E-state index in [4.69, 9.17) is 4.74 Å². The Morgan fingerprint density at radius 1 is 1.31 bits per heavy atom. The summed E-state index contributed by atoms with van der Waals surface area (Å²) in [6, 6.07) is 5.20. The molecule has 0 aliphatic heterocycles. The fourth-order valence-corrected chi connectivity index (χ4v) is 1.36. The van der Waals surface area contributed by atoms with Gasteiger partial charge in [-0.25, -0.2) is 4.98 Å². The first-order valence-electron chi connectivity index (χ1n) is 5.25. The van der Waals surface area contributed by atoms with Crippen LogP contribution in [0.25, 0.3) is 10.9 Å². The minimum Gasteiger partial charge on any atom is -0.481 e. The lowest BCUT2D eigenvalue weighted by Gasteiger charge is -2.01. The van der Waals surface area contributed by atoms with E-state index < -0.39 is 0 Å². The number of rotatable bonds is 1. The number of ether oxygens (including phenoxy) is 1. The van der Waals surface area contributed by atoms with Crippen LogP contribution >= 0.6 is 0 Å². The molecule has 0 spiro atoms. The molecule has 4 heteroatoms. The fraction of sp³-hybridized carbons (Fsp3) is 0.333. The highest BCUT2D eigenvalue weighted by molar-refractivity contribution is 5.78. The van der Waals surface area contributed by atoms with Crippen LogP contribution < -0.4 is 10.3 Å². The molecule has 0 unspecified atom stereocenters. The van der Waals surface area contributed by atoms with Crippen LogP contribution in [0.5, 0.6) is 5.88 Å². The molecule has 4 nitrogen and oxygen atoms in total. The maximum absolute atomic E-state index is 11.5. The van der Waals surface area contributed by atoms with Gasteiger partial charge < -0.3 is 9.72 Å². The molecular weight excluding hydrogens is 204 g/mol. The van der Waals surface area contributed by atoms with E-state index in [1.165, 1.54) is 0 Å². The number of methoxy groups -OCH3 is 1. The molecule has 0 radical (unpaired) electrons. The molecular formula is C12H16N2O2. The highest BCUT2D eigenvalue weighted by Gasteiger charge is 2.02. The molecule has 0 atom stereocenters. The second-order valence-electron chi connectivity index (χ2n) is 3.07. The lowest BCUT2D eigenvalue weighted by Crippen LogP contribution is -2.08. The molecule has 0 aromatic carbocycles. The third-order valence-electron chi connectivity index (χ3n) is 2.02. The number of aryl methyl sites for hydroxylation is 1. The summed E-state index contributed by atoms with van der Waals surface area (Å²) < 4.78 is 4.98. The molecule has 16 heavy (non-hydrogen) atoms. The van der Waals surface area contributed by atoms with E-state index in [1.807, 2.05) is 26.8 Å². The van der Waals surface area contributed by atoms with Crippen molar-refractivity contribution < 1.29 is 4.74 Å². The molecule has 86 valence electrons. The fourth-order valence-electron chi connectivity index (χ4n) is 1.36. The maximum atomic E-state index is 11.5. The van der Waals surface area contributed by atoms with Crippen molar-refractivity contribution in [1.29, 1.82) is 0 Å². The van der Waals surface area contributed by atoms with Crippen molar-refractivity contribution >= 4 is 10.9 Å². The van der Waals surface area contributed by atoms with Gasteiger partial charge in [-0.1, -0.05) is 13.8 Å². The van der Waals surface area contributed by atoms with Gasteiger partial charge in [-0.05, 0) is 19.1 Å². The summed E-state index contributed by atoms with van der Waals surface area (Å²) in [4.78, 5) is 18.4. The summed E-state index contributed by atoms with van der Waals surface area (Å²) in [5, 5.41) is 0.580. The molecule has 1 N–H and O–H groups in total. The number of nitrogens with one attached hydrogen (secondary N) is 1. The summed E-state index contributed by atoms with van der Waals surface area (Å²) in [5.41, 5.74) is 1.34. The van der Waals surface area contributed by atoms with Gasteiger partial charge in [0, 0.05) is 11.8 Å². The Balaban J connectivity index is 0.000000606. The first-order chi connectivity index (χ1) is 7.70. The van der Waals surface area contributed by atoms with Gasteiger partial charge in [-0.2, -0.15) is 0 Å². The van der Waals surface area contributed by atoms with E-state index in [2.05, 4.69) is 9.97 Å². The van der Waals surface area contributed by atoms with Gasteiger partial charge in [0.05, 0.1) is 18.0 Å². The van der Waals surface area contributed by atoms with Gasteiger partial charge in [-0.3, -0.25) is 4.79 Å². The summed E-state index contributed by atoms with van der Waals surface area (Å²) in [6.45, 7) is 5.82. The van der Waals surface area contributed by atoms with E-state index in [9.17, 15) is 4.79 Å². The van der Waals surface area contributed by atoms with E-state index >= 15 is 0 Å². The van der Waals surface area contributed by atoms with Crippen LogP contribution in [0, 0.1) is 6.92 Å². The molecule has 2 aromatic heterocycles. The molecule has 2 rings (SSSR count). The van der Waals surface area contributed by atoms with Crippen LogP contribution in [0.15, 0.2) is 23.0 Å². The molecule has 0 aliphatic carbocycles. The smallest absolute Gasteiger partial charge is 0.257 e. The predicted octanol–water partition coefficient (Wildman–Crippen LogP) is 2.27. The zero-order valence-corrected chi connectivity index (χ0v) is 10.00. The molecule has 0 bridgehead atoms. The lowest BCUT2D eigenvalue weighted by molar-refractivity contribution is 0.399. The number of nitrogens with zero attached hydrogens (tertiary/aromatic N) is 1. The van der Waals surface area contributed by atoms with Gasteiger partial charge in [-0.15, -0.1) is 0 Å². The molecule has 0 saturated carbocycles. The summed E-state index contributed by atoms with van der Waals surface area (Å²) in [5.74, 6) is 0.516. The number of pyridine rings is 2. The second-order valence-corrected chi connectivity index (χ2v) is 3.07. The molecule has 0 saturated heterocycles. The Bertz CT molecular complexity index is 532. The molecule has 2 heterocycles. The standard InChI is InChI=1S/C10H10N2O2.C2H6/c1-6-5-8-7(10(13)11-6)3-4-9(12-8)14-2;1-2/h3-5H,1-2H3,(H,11,13);1-2H3. The number of H-pyrrole nitrogens is 1. The highest BCUT2D eigenvalue weighted by Crippen LogP contribution is 2.12. The van der Waals surface area contributed by atoms with Gasteiger partial charge in [0.2, 0.25) is 5.88 Å². The minimum atomic E-state index is -0.116. The zero-order valence-electron chi connectivity index (χ0n) is 10.00. The summed E-state index contributed by atoms with van der Waals surface area (Å²) in [7, 11) is 1.55. The van der Waals surface area contributed by atoms with E-state index in [0.717, 1.165) is 5.69 Å². The average molecular weight is 220 g/mol. The van der Waals surface area contributed by atoms with Gasteiger partial charge in [0.1, 0.15) is 0 Å². The van der Waals surface area contributed by atoms with Gasteiger partial charge in [0.15, 0.2) is 0 Å². The van der Waals surface area contributed by atoms with Crippen molar-refractivity contribution in [3.05, 3.63) is 34.2 Å². The van der Waals surface area contributed by atoms with E-state index in [0.29, 0.717) is 16.8 Å². The SMILES string of the molecule is CC.COc1ccc2c(=O)[nH]c(C)cc2n1. The van der Waals surface area contributed by atoms with Crippen LogP contribution in [0.3, 0.4) is 0 Å². The van der Waals surface area contributed by atoms with Crippen molar-refractivity contribution in [2.45, 2.75) is 20.8 Å². The Morgan fingerprint density at radius 2 is 2.00 bits per heavy atom. The average Bonchev–Trinajstić information content (AvgIpc) is 2.30. The number of hydrogen-bond acceptors (Lipinski definition) is 3. The van der Waals surface area contributed by atoms with Crippen LogP contribution in [-0.4, -0.2) is 17.1 Å². The second kappa shape index (κ2) is 5.30. The number of fused-ring (bicyclic) bond motifs is 1. The van der Waals surface area contributed by atoms with Gasteiger partial charge in [0.25, 0.3) is 5.56 Å². The van der Waals surface area contributed by atoms with Crippen LogP contribution in [-0.2, 0) is 0 Å². The number of hydrogen-bond donors (Lipinski definition) is 1. The highest BCUT2D eigenvalue weighted by atomic mass is 16.5. The normalized spacial score (nSPS) is 9.50. The molecule has 0 aliphatic rings. The quantitative estimate of drug-likeness (QED) is 0.802. The van der Waals surface area contributed by atoms with Crippen molar-refractivity contribution in [2.24, 2.45) is 0 Å². The third kappa shape index (κ3) is 2.39. The van der Waals surface area contributed by atoms with E-state index in [1.54, 1.807) is 19.2 Å². The Kier molecular flexibility index (Phi) is 4.05. The summed E-state index contributed by atoms with van der Waals surface area (Å²) >= 11 is 0. The van der Waals surface area contributed by atoms with E-state index in [-0.39, 0.29) is 5.56 Å². The van der Waals surface area contributed by atoms with Crippen molar-refractivity contribution in [1.82, 2.24) is 9.97 Å². The van der Waals surface area contributed by atoms with Crippen molar-refractivity contribution in [3.63, 3.8) is 0 Å². The molecule has 0 amide bonds. The first-order valence-corrected chi connectivity index (χ1v) is 5.25. The number of aromatic amines is 1. The van der Waals surface area contributed by atoms with Crippen molar-refractivity contribution in [3.8, 4) is 5.88 Å².